The van der Waals surface area contributed by atoms with Gasteiger partial charge in [0, 0.05) is 12.1 Å². The van der Waals surface area contributed by atoms with Crippen molar-refractivity contribution in [2.75, 3.05) is 6.54 Å². The standard InChI is InChI=1S/C14H15F3N2O3/c1-13(2)10(14(15,16)17)6-7-19(13)11(20)8-4-3-5-9(18-8)12(21)22/h3-5,10H,6-7H2,1-2H3,(H,21,22). The summed E-state index contributed by atoms with van der Waals surface area (Å²) in [5.41, 5.74) is -1.90. The second-order valence-corrected chi connectivity index (χ2v) is 5.71. The molecule has 1 N–H and O–H groups in total. The van der Waals surface area contributed by atoms with Crippen molar-refractivity contribution >= 4 is 11.9 Å². The van der Waals surface area contributed by atoms with Crippen LogP contribution in [-0.4, -0.2) is 45.1 Å². The number of pyridine rings is 1. The summed E-state index contributed by atoms with van der Waals surface area (Å²) in [7, 11) is 0. The average molecular weight is 316 g/mol. The van der Waals surface area contributed by atoms with Crippen molar-refractivity contribution in [3.63, 3.8) is 0 Å². The highest BCUT2D eigenvalue weighted by atomic mass is 19.4. The van der Waals surface area contributed by atoms with Crippen molar-refractivity contribution in [2.45, 2.75) is 32.0 Å². The number of carbonyl (C=O) groups excluding carboxylic acids is 1. The summed E-state index contributed by atoms with van der Waals surface area (Å²) in [4.78, 5) is 28.1. The molecule has 1 aromatic heterocycles. The Morgan fingerprint density at radius 3 is 2.41 bits per heavy atom. The molecule has 8 heteroatoms. The fourth-order valence-corrected chi connectivity index (χ4v) is 2.83. The number of hydrogen-bond donors (Lipinski definition) is 1. The maximum atomic E-state index is 13.0. The number of rotatable bonds is 2. The maximum absolute atomic E-state index is 13.0. The zero-order valence-electron chi connectivity index (χ0n) is 12.0. The van der Waals surface area contributed by atoms with Gasteiger partial charge >= 0.3 is 12.1 Å². The summed E-state index contributed by atoms with van der Waals surface area (Å²) in [6.45, 7) is 2.67. The smallest absolute Gasteiger partial charge is 0.394 e. The van der Waals surface area contributed by atoms with E-state index in [1.54, 1.807) is 0 Å². The van der Waals surface area contributed by atoms with E-state index in [0.29, 0.717) is 0 Å². The number of likely N-dealkylation sites (tertiary alicyclic amines) is 1. The molecule has 1 amide bonds. The van der Waals surface area contributed by atoms with Gasteiger partial charge in [-0.3, -0.25) is 4.79 Å². The number of halogens is 3. The topological polar surface area (TPSA) is 70.5 Å². The van der Waals surface area contributed by atoms with Crippen LogP contribution in [0.2, 0.25) is 0 Å². The number of alkyl halides is 3. The van der Waals surface area contributed by atoms with Crippen LogP contribution in [0.15, 0.2) is 18.2 Å². The number of carbonyl (C=O) groups is 2. The van der Waals surface area contributed by atoms with Crippen LogP contribution in [-0.2, 0) is 0 Å². The summed E-state index contributed by atoms with van der Waals surface area (Å²) >= 11 is 0. The predicted molar refractivity (Wildman–Crippen MR) is 70.5 cm³/mol. The molecule has 0 spiro atoms. The highest BCUT2D eigenvalue weighted by molar-refractivity contribution is 5.94. The molecule has 1 atom stereocenters. The largest absolute Gasteiger partial charge is 0.477 e. The number of hydrogen-bond acceptors (Lipinski definition) is 3. The van der Waals surface area contributed by atoms with Gasteiger partial charge in [0.15, 0.2) is 0 Å². The quantitative estimate of drug-likeness (QED) is 0.910. The van der Waals surface area contributed by atoms with Gasteiger partial charge in [-0.05, 0) is 32.4 Å². The summed E-state index contributed by atoms with van der Waals surface area (Å²) in [6.07, 6.45) is -4.57. The highest BCUT2D eigenvalue weighted by Gasteiger charge is 2.56. The van der Waals surface area contributed by atoms with Gasteiger partial charge in [0.05, 0.1) is 5.92 Å². The highest BCUT2D eigenvalue weighted by Crippen LogP contribution is 2.45. The summed E-state index contributed by atoms with van der Waals surface area (Å²) in [5, 5.41) is 8.87. The minimum Gasteiger partial charge on any atom is -0.477 e. The van der Waals surface area contributed by atoms with Crippen LogP contribution >= 0.6 is 0 Å². The van der Waals surface area contributed by atoms with Gasteiger partial charge < -0.3 is 10.0 Å². The van der Waals surface area contributed by atoms with Gasteiger partial charge in [-0.15, -0.1) is 0 Å². The maximum Gasteiger partial charge on any atom is 0.394 e. The van der Waals surface area contributed by atoms with E-state index in [1.807, 2.05) is 0 Å². The number of aromatic nitrogens is 1. The van der Waals surface area contributed by atoms with Crippen molar-refractivity contribution in [1.29, 1.82) is 0 Å². The van der Waals surface area contributed by atoms with Gasteiger partial charge in [-0.1, -0.05) is 6.07 Å². The lowest BCUT2D eigenvalue weighted by atomic mass is 9.88. The molecule has 0 bridgehead atoms. The Balaban J connectivity index is 2.31. The molecule has 22 heavy (non-hydrogen) atoms. The molecule has 0 aromatic carbocycles. The molecule has 0 radical (unpaired) electrons. The predicted octanol–water partition coefficient (Wildman–Crippen LogP) is 2.58. The van der Waals surface area contributed by atoms with E-state index in [9.17, 15) is 22.8 Å². The number of nitrogens with zero attached hydrogens (tertiary/aromatic N) is 2. The van der Waals surface area contributed by atoms with E-state index < -0.39 is 29.5 Å². The minimum atomic E-state index is -4.39. The molecule has 5 nitrogen and oxygen atoms in total. The molecule has 1 aromatic rings. The van der Waals surface area contributed by atoms with Crippen LogP contribution in [0.5, 0.6) is 0 Å². The van der Waals surface area contributed by atoms with Gasteiger partial charge in [-0.25, -0.2) is 9.78 Å². The molecule has 1 aliphatic heterocycles. The van der Waals surface area contributed by atoms with Gasteiger partial charge in [-0.2, -0.15) is 13.2 Å². The zero-order chi connectivity index (χ0) is 16.7. The summed E-state index contributed by atoms with van der Waals surface area (Å²) < 4.78 is 39.1. The van der Waals surface area contributed by atoms with E-state index in [2.05, 4.69) is 4.98 Å². The van der Waals surface area contributed by atoms with Crippen LogP contribution in [0.25, 0.3) is 0 Å². The van der Waals surface area contributed by atoms with Crippen LogP contribution in [0, 0.1) is 5.92 Å². The fourth-order valence-electron chi connectivity index (χ4n) is 2.83. The first-order valence-corrected chi connectivity index (χ1v) is 6.64. The molecule has 2 heterocycles. The van der Waals surface area contributed by atoms with Crippen LogP contribution in [0.3, 0.4) is 0 Å². The van der Waals surface area contributed by atoms with E-state index in [4.69, 9.17) is 5.11 Å². The molecule has 2 rings (SSSR count). The first-order chi connectivity index (χ1) is 10.0. The monoisotopic (exact) mass is 316 g/mol. The van der Waals surface area contributed by atoms with Crippen LogP contribution in [0.1, 0.15) is 41.2 Å². The van der Waals surface area contributed by atoms with Crippen molar-refractivity contribution < 1.29 is 27.9 Å². The van der Waals surface area contributed by atoms with Crippen LogP contribution < -0.4 is 0 Å². The third-order valence-corrected chi connectivity index (χ3v) is 4.02. The third-order valence-electron chi connectivity index (χ3n) is 4.02. The lowest BCUT2D eigenvalue weighted by molar-refractivity contribution is -0.189. The first-order valence-electron chi connectivity index (χ1n) is 6.64. The Hall–Kier alpha value is -2.12. The Bertz CT molecular complexity index is 614. The molecule has 1 unspecified atom stereocenters. The van der Waals surface area contributed by atoms with E-state index in [0.717, 1.165) is 4.90 Å². The number of amides is 1. The van der Waals surface area contributed by atoms with Gasteiger partial charge in [0.2, 0.25) is 0 Å². The normalized spacial score (nSPS) is 21.0. The van der Waals surface area contributed by atoms with Crippen molar-refractivity contribution in [3.05, 3.63) is 29.6 Å². The Kier molecular flexibility index (Phi) is 3.88. The fraction of sp³-hybridized carbons (Fsp3) is 0.500. The van der Waals surface area contributed by atoms with Crippen LogP contribution in [0.4, 0.5) is 13.2 Å². The van der Waals surface area contributed by atoms with E-state index >= 15 is 0 Å². The lowest BCUT2D eigenvalue weighted by Crippen LogP contribution is -2.49. The number of aromatic carboxylic acids is 1. The number of carboxylic acid groups (broad SMARTS) is 1. The Morgan fingerprint density at radius 1 is 1.32 bits per heavy atom. The summed E-state index contributed by atoms with van der Waals surface area (Å²) in [5.74, 6) is -3.62. The summed E-state index contributed by atoms with van der Waals surface area (Å²) in [6, 6.07) is 3.85. The number of carboxylic acids is 1. The second-order valence-electron chi connectivity index (χ2n) is 5.71. The molecule has 120 valence electrons. The van der Waals surface area contributed by atoms with E-state index in [1.165, 1.54) is 32.0 Å². The molecule has 1 aliphatic rings. The minimum absolute atomic E-state index is 0.0466. The first kappa shape index (κ1) is 16.3. The van der Waals surface area contributed by atoms with Crippen molar-refractivity contribution in [2.24, 2.45) is 5.92 Å². The SMILES string of the molecule is CC1(C)C(C(F)(F)F)CCN1C(=O)c1cccc(C(=O)O)n1. The van der Waals surface area contributed by atoms with Crippen molar-refractivity contribution in [1.82, 2.24) is 9.88 Å². The van der Waals surface area contributed by atoms with Crippen molar-refractivity contribution in [3.8, 4) is 0 Å². The molecule has 1 saturated heterocycles. The molecular formula is C14H15F3N2O3. The lowest BCUT2D eigenvalue weighted by Gasteiger charge is -2.36. The molecule has 0 aliphatic carbocycles. The average Bonchev–Trinajstić information content (AvgIpc) is 2.73. The Labute approximate surface area is 124 Å². The van der Waals surface area contributed by atoms with Gasteiger partial charge in [0.25, 0.3) is 5.91 Å². The van der Waals surface area contributed by atoms with E-state index in [-0.39, 0.29) is 24.4 Å². The van der Waals surface area contributed by atoms with Gasteiger partial charge in [0.1, 0.15) is 11.4 Å². The Morgan fingerprint density at radius 2 is 1.91 bits per heavy atom. The zero-order valence-corrected chi connectivity index (χ0v) is 12.0. The molecule has 0 saturated carbocycles. The third kappa shape index (κ3) is 2.77. The molecule has 1 fully saturated rings. The molecular weight excluding hydrogens is 301 g/mol. The second kappa shape index (κ2) is 5.26.